The average molecular weight is 429 g/mol. The van der Waals surface area contributed by atoms with Gasteiger partial charge in [0.2, 0.25) is 0 Å². The van der Waals surface area contributed by atoms with Gasteiger partial charge in [-0.25, -0.2) is 0 Å². The minimum absolute atomic E-state index is 0.0581. The van der Waals surface area contributed by atoms with Crippen LogP contribution in [0.25, 0.3) is 0 Å². The van der Waals surface area contributed by atoms with Gasteiger partial charge in [0.1, 0.15) is 11.5 Å². The molecule has 3 heteroatoms. The summed E-state index contributed by atoms with van der Waals surface area (Å²) < 4.78 is 11.6. The first kappa shape index (κ1) is 24.1. The van der Waals surface area contributed by atoms with Crippen molar-refractivity contribution in [2.75, 3.05) is 6.61 Å². The highest BCUT2D eigenvalue weighted by Gasteiger charge is 2.27. The van der Waals surface area contributed by atoms with E-state index in [1.165, 1.54) is 70.6 Å². The number of benzene rings is 1. The third kappa shape index (κ3) is 8.16. The fourth-order valence-electron chi connectivity index (χ4n) is 5.68. The van der Waals surface area contributed by atoms with Gasteiger partial charge in [-0.2, -0.15) is 0 Å². The Hall–Kier alpha value is -1.51. The molecule has 0 aliphatic heterocycles. The number of carbonyl (C=O) groups excluding carboxylic acids is 1. The molecule has 1 aromatic carbocycles. The molecule has 1 aromatic rings. The van der Waals surface area contributed by atoms with E-state index >= 15 is 0 Å². The van der Waals surface area contributed by atoms with Gasteiger partial charge in [0.05, 0.1) is 12.5 Å². The molecule has 0 atom stereocenters. The lowest BCUT2D eigenvalue weighted by atomic mass is 9.78. The second-order valence-electron chi connectivity index (χ2n) is 10.1. The molecule has 2 fully saturated rings. The van der Waals surface area contributed by atoms with Gasteiger partial charge in [0.25, 0.3) is 0 Å². The molecule has 0 aromatic heterocycles. The smallest absolute Gasteiger partial charge is 0.314 e. The van der Waals surface area contributed by atoms with Crippen LogP contribution in [0.15, 0.2) is 24.3 Å². The molecule has 3 nitrogen and oxygen atoms in total. The molecule has 0 bridgehead atoms. The molecule has 0 heterocycles. The van der Waals surface area contributed by atoms with Gasteiger partial charge in [-0.15, -0.1) is 0 Å². The van der Waals surface area contributed by atoms with Crippen molar-refractivity contribution in [3.63, 3.8) is 0 Å². The summed E-state index contributed by atoms with van der Waals surface area (Å²) in [5.74, 6) is 4.21. The summed E-state index contributed by atoms with van der Waals surface area (Å²) in [5, 5.41) is 0. The maximum absolute atomic E-state index is 12.5. The van der Waals surface area contributed by atoms with E-state index in [1.807, 2.05) is 24.3 Å². The van der Waals surface area contributed by atoms with E-state index in [0.717, 1.165) is 49.4 Å². The standard InChI is InChI=1S/C28H44O3/c1-3-6-22-9-11-24(12-10-22)8-5-21-30-26-17-19-27(20-18-26)31-28(29)25-15-13-23(7-4-2)14-16-25/h17-20,22-25H,3-16,21H2,1-2H3/t22-,23-,24-,25-. The van der Waals surface area contributed by atoms with Crippen LogP contribution in [0.3, 0.4) is 0 Å². The Bertz CT molecular complexity index is 622. The number of rotatable bonds is 11. The molecule has 174 valence electrons. The Morgan fingerprint density at radius 2 is 1.23 bits per heavy atom. The van der Waals surface area contributed by atoms with Crippen molar-refractivity contribution in [2.24, 2.45) is 23.7 Å². The van der Waals surface area contributed by atoms with Crippen LogP contribution >= 0.6 is 0 Å². The third-order valence-corrected chi connectivity index (χ3v) is 7.61. The van der Waals surface area contributed by atoms with Gasteiger partial charge >= 0.3 is 5.97 Å². The predicted molar refractivity (Wildman–Crippen MR) is 128 cm³/mol. The Morgan fingerprint density at radius 3 is 1.77 bits per heavy atom. The van der Waals surface area contributed by atoms with Crippen LogP contribution in [-0.2, 0) is 4.79 Å². The van der Waals surface area contributed by atoms with Crippen molar-refractivity contribution in [3.8, 4) is 11.5 Å². The molecule has 0 amide bonds. The van der Waals surface area contributed by atoms with Crippen LogP contribution in [0.2, 0.25) is 0 Å². The minimum Gasteiger partial charge on any atom is -0.494 e. The number of carbonyl (C=O) groups is 1. The lowest BCUT2D eigenvalue weighted by molar-refractivity contribution is -0.140. The minimum atomic E-state index is -0.0581. The van der Waals surface area contributed by atoms with Crippen LogP contribution in [0.5, 0.6) is 11.5 Å². The lowest BCUT2D eigenvalue weighted by Crippen LogP contribution is -2.25. The molecule has 2 aliphatic carbocycles. The van der Waals surface area contributed by atoms with Crippen LogP contribution in [0, 0.1) is 23.7 Å². The lowest BCUT2D eigenvalue weighted by Gasteiger charge is -2.28. The largest absolute Gasteiger partial charge is 0.494 e. The molecule has 0 N–H and O–H groups in total. The molecular weight excluding hydrogens is 384 g/mol. The van der Waals surface area contributed by atoms with Gasteiger partial charge in [-0.05, 0) is 80.5 Å². The topological polar surface area (TPSA) is 35.5 Å². The molecule has 0 radical (unpaired) electrons. The number of ether oxygens (including phenoxy) is 2. The molecule has 2 saturated carbocycles. The molecule has 0 unspecified atom stereocenters. The highest BCUT2D eigenvalue weighted by Crippen LogP contribution is 2.34. The fourth-order valence-corrected chi connectivity index (χ4v) is 5.68. The highest BCUT2D eigenvalue weighted by atomic mass is 16.5. The van der Waals surface area contributed by atoms with E-state index in [0.29, 0.717) is 5.75 Å². The summed E-state index contributed by atoms with van der Waals surface area (Å²) in [5.41, 5.74) is 0. The summed E-state index contributed by atoms with van der Waals surface area (Å²) in [6.45, 7) is 5.32. The second-order valence-corrected chi connectivity index (χ2v) is 10.1. The molecule has 0 spiro atoms. The van der Waals surface area contributed by atoms with Crippen molar-refractivity contribution in [1.82, 2.24) is 0 Å². The van der Waals surface area contributed by atoms with Gasteiger partial charge in [0, 0.05) is 0 Å². The summed E-state index contributed by atoms with van der Waals surface area (Å²) in [4.78, 5) is 12.5. The van der Waals surface area contributed by atoms with Crippen molar-refractivity contribution in [2.45, 2.75) is 104 Å². The van der Waals surface area contributed by atoms with Crippen molar-refractivity contribution < 1.29 is 14.3 Å². The number of hydrogen-bond donors (Lipinski definition) is 0. The van der Waals surface area contributed by atoms with E-state index in [-0.39, 0.29) is 11.9 Å². The van der Waals surface area contributed by atoms with Crippen LogP contribution in [0.1, 0.15) is 104 Å². The van der Waals surface area contributed by atoms with Gasteiger partial charge in [-0.1, -0.05) is 65.2 Å². The van der Waals surface area contributed by atoms with E-state index in [9.17, 15) is 4.79 Å². The van der Waals surface area contributed by atoms with E-state index in [2.05, 4.69) is 13.8 Å². The number of esters is 1. The normalized spacial score (nSPS) is 26.4. The third-order valence-electron chi connectivity index (χ3n) is 7.61. The van der Waals surface area contributed by atoms with Crippen LogP contribution in [0.4, 0.5) is 0 Å². The summed E-state index contributed by atoms with van der Waals surface area (Å²) in [7, 11) is 0. The molecule has 2 aliphatic rings. The van der Waals surface area contributed by atoms with E-state index < -0.39 is 0 Å². The summed E-state index contributed by atoms with van der Waals surface area (Å²) in [6.07, 6.45) is 17.7. The number of hydrogen-bond acceptors (Lipinski definition) is 3. The first-order valence-corrected chi connectivity index (χ1v) is 13.1. The average Bonchev–Trinajstić information content (AvgIpc) is 2.80. The molecule has 3 rings (SSSR count). The predicted octanol–water partition coefficient (Wildman–Crippen LogP) is 7.96. The maximum Gasteiger partial charge on any atom is 0.314 e. The van der Waals surface area contributed by atoms with Gasteiger partial charge in [-0.3, -0.25) is 4.79 Å². The van der Waals surface area contributed by atoms with E-state index in [1.54, 1.807) is 0 Å². The summed E-state index contributed by atoms with van der Waals surface area (Å²) in [6, 6.07) is 7.59. The zero-order valence-corrected chi connectivity index (χ0v) is 20.0. The molecular formula is C28H44O3. The van der Waals surface area contributed by atoms with E-state index in [4.69, 9.17) is 9.47 Å². The van der Waals surface area contributed by atoms with Gasteiger partial charge < -0.3 is 9.47 Å². The van der Waals surface area contributed by atoms with Crippen molar-refractivity contribution in [1.29, 1.82) is 0 Å². The molecule has 0 saturated heterocycles. The van der Waals surface area contributed by atoms with Crippen molar-refractivity contribution in [3.05, 3.63) is 24.3 Å². The maximum atomic E-state index is 12.5. The Kier molecular flexibility index (Phi) is 10.2. The van der Waals surface area contributed by atoms with Crippen molar-refractivity contribution >= 4 is 5.97 Å². The quantitative estimate of drug-likeness (QED) is 0.204. The van der Waals surface area contributed by atoms with Gasteiger partial charge in [0.15, 0.2) is 0 Å². The summed E-state index contributed by atoms with van der Waals surface area (Å²) >= 11 is 0. The Balaban J connectivity index is 1.30. The zero-order valence-electron chi connectivity index (χ0n) is 20.0. The first-order valence-electron chi connectivity index (χ1n) is 13.1. The Morgan fingerprint density at radius 1 is 0.742 bits per heavy atom. The van der Waals surface area contributed by atoms with Crippen LogP contribution in [-0.4, -0.2) is 12.6 Å². The first-order chi connectivity index (χ1) is 15.2. The fraction of sp³-hybridized carbons (Fsp3) is 0.750. The second kappa shape index (κ2) is 13.1. The molecule has 31 heavy (non-hydrogen) atoms. The SMILES string of the molecule is CCC[C@H]1CC[C@H](CCCOc2ccc(OC(=O)[C@H]3CC[C@H](CCC)CC3)cc2)CC1. The monoisotopic (exact) mass is 428 g/mol. The highest BCUT2D eigenvalue weighted by molar-refractivity contribution is 5.75. The van der Waals surface area contributed by atoms with Crippen LogP contribution < -0.4 is 9.47 Å². The zero-order chi connectivity index (χ0) is 21.9. The Labute approximate surface area is 190 Å².